The summed E-state index contributed by atoms with van der Waals surface area (Å²) in [6, 6.07) is 13.5. The molecule has 2 N–H and O–H groups in total. The van der Waals surface area contributed by atoms with Gasteiger partial charge in [0.25, 0.3) is 0 Å². The summed E-state index contributed by atoms with van der Waals surface area (Å²) >= 11 is 0. The minimum absolute atomic E-state index is 0.107. The van der Waals surface area contributed by atoms with Gasteiger partial charge in [-0.15, -0.1) is 0 Å². The normalized spacial score (nSPS) is 12.8. The van der Waals surface area contributed by atoms with E-state index in [1.807, 2.05) is 42.5 Å². The quantitative estimate of drug-likeness (QED) is 0.800. The zero-order valence-electron chi connectivity index (χ0n) is 10.7. The molecule has 4 nitrogen and oxygen atoms in total. The molecule has 0 saturated heterocycles. The highest BCUT2D eigenvalue weighted by atomic mass is 32.2. The second-order valence-electron chi connectivity index (χ2n) is 4.62. The third-order valence-electron chi connectivity index (χ3n) is 3.07. The molecule has 0 spiro atoms. The summed E-state index contributed by atoms with van der Waals surface area (Å²) < 4.78 is 17.5. The molecule has 1 aromatic heterocycles. The van der Waals surface area contributed by atoms with Crippen molar-refractivity contribution in [3.05, 3.63) is 48.0 Å². The largest absolute Gasteiger partial charge is 0.456 e. The lowest BCUT2D eigenvalue weighted by Crippen LogP contribution is -2.20. The molecule has 1 heterocycles. The summed E-state index contributed by atoms with van der Waals surface area (Å²) in [6.07, 6.45) is 0. The predicted octanol–water partition coefficient (Wildman–Crippen LogP) is 2.32. The Kier molecular flexibility index (Phi) is 3.28. The van der Waals surface area contributed by atoms with Gasteiger partial charge in [-0.3, -0.25) is 9.00 Å². The average Bonchev–Trinajstić information content (AvgIpc) is 2.76. The molecule has 3 rings (SSSR count). The number of fused-ring (bicyclic) bond motifs is 3. The van der Waals surface area contributed by atoms with Gasteiger partial charge in [0.15, 0.2) is 0 Å². The van der Waals surface area contributed by atoms with Gasteiger partial charge in [0.05, 0.1) is 0 Å². The smallest absolute Gasteiger partial charge is 0.230 e. The molecule has 2 aromatic carbocycles. The zero-order chi connectivity index (χ0) is 14.1. The molecule has 102 valence electrons. The van der Waals surface area contributed by atoms with Crippen LogP contribution in [0, 0.1) is 0 Å². The Morgan fingerprint density at radius 2 is 1.85 bits per heavy atom. The van der Waals surface area contributed by atoms with Crippen LogP contribution in [-0.4, -0.2) is 15.9 Å². The van der Waals surface area contributed by atoms with Gasteiger partial charge in [-0.1, -0.05) is 24.3 Å². The number of carbonyl (C=O) groups is 1. The van der Waals surface area contributed by atoms with Crippen LogP contribution >= 0.6 is 0 Å². The lowest BCUT2D eigenvalue weighted by molar-refractivity contribution is -0.115. The molecule has 1 atom stereocenters. The first-order valence-corrected chi connectivity index (χ1v) is 7.66. The minimum atomic E-state index is -1.27. The predicted molar refractivity (Wildman–Crippen MR) is 79.6 cm³/mol. The standard InChI is InChI=1S/C15H13NO3S/c16-15(17)9-20(18)8-10-5-6-14-12(7-10)11-3-1-2-4-13(11)19-14/h1-7H,8-9H2,(H2,16,17)/t20-/m1/s1. The molecule has 0 saturated carbocycles. The first kappa shape index (κ1) is 12.9. The van der Waals surface area contributed by atoms with Crippen molar-refractivity contribution < 1.29 is 13.4 Å². The van der Waals surface area contributed by atoms with Crippen LogP contribution in [0.4, 0.5) is 0 Å². The van der Waals surface area contributed by atoms with Crippen LogP contribution < -0.4 is 5.73 Å². The van der Waals surface area contributed by atoms with E-state index < -0.39 is 16.7 Å². The fourth-order valence-electron chi connectivity index (χ4n) is 2.26. The van der Waals surface area contributed by atoms with Crippen LogP contribution in [0.1, 0.15) is 5.56 Å². The monoisotopic (exact) mass is 287 g/mol. The number of hydrogen-bond donors (Lipinski definition) is 1. The fraction of sp³-hybridized carbons (Fsp3) is 0.133. The molecule has 0 radical (unpaired) electrons. The van der Waals surface area contributed by atoms with Crippen LogP contribution in [-0.2, 0) is 21.3 Å². The Labute approximate surface area is 118 Å². The van der Waals surface area contributed by atoms with E-state index in [1.165, 1.54) is 0 Å². The highest BCUT2D eigenvalue weighted by molar-refractivity contribution is 7.84. The summed E-state index contributed by atoms with van der Waals surface area (Å²) in [6.45, 7) is 0. The molecule has 0 aliphatic heterocycles. The molecule has 0 aliphatic carbocycles. The highest BCUT2D eigenvalue weighted by Gasteiger charge is 2.09. The van der Waals surface area contributed by atoms with Crippen molar-refractivity contribution in [1.29, 1.82) is 0 Å². The number of rotatable bonds is 4. The van der Waals surface area contributed by atoms with Gasteiger partial charge in [-0.05, 0) is 23.8 Å². The van der Waals surface area contributed by atoms with Crippen molar-refractivity contribution in [2.75, 3.05) is 5.75 Å². The topological polar surface area (TPSA) is 73.3 Å². The molecule has 0 unspecified atom stereocenters. The second-order valence-corrected chi connectivity index (χ2v) is 6.08. The van der Waals surface area contributed by atoms with Crippen molar-refractivity contribution in [3.8, 4) is 0 Å². The Bertz CT molecular complexity index is 822. The number of benzene rings is 2. The SMILES string of the molecule is NC(=O)C[S@](=O)Cc1ccc2oc3ccccc3c2c1. The summed E-state index contributed by atoms with van der Waals surface area (Å²) in [5, 5.41) is 2.03. The van der Waals surface area contributed by atoms with Gasteiger partial charge in [0, 0.05) is 27.3 Å². The molecular weight excluding hydrogens is 274 g/mol. The van der Waals surface area contributed by atoms with E-state index in [1.54, 1.807) is 0 Å². The lowest BCUT2D eigenvalue weighted by atomic mass is 10.1. The Balaban J connectivity index is 1.99. The van der Waals surface area contributed by atoms with Crippen molar-refractivity contribution in [3.63, 3.8) is 0 Å². The number of amides is 1. The Hall–Kier alpha value is -2.14. The number of para-hydroxylation sites is 1. The van der Waals surface area contributed by atoms with Gasteiger partial charge < -0.3 is 10.2 Å². The molecule has 3 aromatic rings. The third kappa shape index (κ3) is 2.44. The number of carbonyl (C=O) groups excluding carboxylic acids is 1. The van der Waals surface area contributed by atoms with Crippen molar-refractivity contribution >= 4 is 38.6 Å². The summed E-state index contributed by atoms with van der Waals surface area (Å²) in [7, 11) is -1.27. The third-order valence-corrected chi connectivity index (χ3v) is 4.33. The molecule has 0 aliphatic rings. The van der Waals surface area contributed by atoms with Gasteiger partial charge in [-0.2, -0.15) is 0 Å². The number of primary amides is 1. The van der Waals surface area contributed by atoms with E-state index in [0.29, 0.717) is 5.75 Å². The van der Waals surface area contributed by atoms with E-state index in [-0.39, 0.29) is 5.75 Å². The highest BCUT2D eigenvalue weighted by Crippen LogP contribution is 2.29. The summed E-state index contributed by atoms with van der Waals surface area (Å²) in [5.74, 6) is -0.332. The number of hydrogen-bond acceptors (Lipinski definition) is 3. The van der Waals surface area contributed by atoms with E-state index in [4.69, 9.17) is 10.2 Å². The van der Waals surface area contributed by atoms with Crippen LogP contribution in [0.2, 0.25) is 0 Å². The Morgan fingerprint density at radius 1 is 1.10 bits per heavy atom. The fourth-order valence-corrected chi connectivity index (χ4v) is 3.23. The maximum atomic E-state index is 11.7. The maximum Gasteiger partial charge on any atom is 0.230 e. The van der Waals surface area contributed by atoms with Gasteiger partial charge in [-0.25, -0.2) is 0 Å². The van der Waals surface area contributed by atoms with Crippen LogP contribution in [0.15, 0.2) is 46.9 Å². The summed E-state index contributed by atoms with van der Waals surface area (Å²) in [4.78, 5) is 10.8. The number of nitrogens with two attached hydrogens (primary N) is 1. The average molecular weight is 287 g/mol. The van der Waals surface area contributed by atoms with Crippen molar-refractivity contribution in [1.82, 2.24) is 0 Å². The zero-order valence-corrected chi connectivity index (χ0v) is 11.5. The molecular formula is C15H13NO3S. The van der Waals surface area contributed by atoms with Crippen LogP contribution in [0.25, 0.3) is 21.9 Å². The van der Waals surface area contributed by atoms with Crippen molar-refractivity contribution in [2.24, 2.45) is 5.73 Å². The first-order chi connectivity index (χ1) is 9.63. The molecule has 20 heavy (non-hydrogen) atoms. The molecule has 0 bridgehead atoms. The van der Waals surface area contributed by atoms with Gasteiger partial charge in [0.1, 0.15) is 16.9 Å². The van der Waals surface area contributed by atoms with Crippen molar-refractivity contribution in [2.45, 2.75) is 5.75 Å². The van der Waals surface area contributed by atoms with E-state index in [0.717, 1.165) is 27.5 Å². The Morgan fingerprint density at radius 3 is 2.65 bits per heavy atom. The van der Waals surface area contributed by atoms with Crippen LogP contribution in [0.5, 0.6) is 0 Å². The van der Waals surface area contributed by atoms with E-state index in [2.05, 4.69) is 0 Å². The second kappa shape index (κ2) is 5.09. The molecule has 5 heteroatoms. The van der Waals surface area contributed by atoms with Crippen LogP contribution in [0.3, 0.4) is 0 Å². The first-order valence-electron chi connectivity index (χ1n) is 6.17. The van der Waals surface area contributed by atoms with Gasteiger partial charge in [0.2, 0.25) is 5.91 Å². The van der Waals surface area contributed by atoms with Gasteiger partial charge >= 0.3 is 0 Å². The van der Waals surface area contributed by atoms with E-state index >= 15 is 0 Å². The maximum absolute atomic E-state index is 11.7. The minimum Gasteiger partial charge on any atom is -0.456 e. The number of furan rings is 1. The molecule has 0 fully saturated rings. The van der Waals surface area contributed by atoms with E-state index in [9.17, 15) is 9.00 Å². The summed E-state index contributed by atoms with van der Waals surface area (Å²) in [5.41, 5.74) is 7.59. The lowest BCUT2D eigenvalue weighted by Gasteiger charge is -2.00. The molecule has 1 amide bonds.